The number of hydrogen-bond acceptors (Lipinski definition) is 4. The van der Waals surface area contributed by atoms with Crippen LogP contribution in [0.1, 0.15) is 16.8 Å². The van der Waals surface area contributed by atoms with E-state index in [1.54, 1.807) is 0 Å². The number of nitrogens with one attached hydrogen (secondary N) is 2. The van der Waals surface area contributed by atoms with E-state index in [0.29, 0.717) is 12.5 Å². The van der Waals surface area contributed by atoms with Crippen molar-refractivity contribution < 1.29 is 14.1 Å². The van der Waals surface area contributed by atoms with E-state index in [2.05, 4.69) is 10.6 Å². The molecule has 0 spiro atoms. The molecule has 1 aromatic rings. The average molecular weight is 267 g/mol. The van der Waals surface area contributed by atoms with Gasteiger partial charge in [-0.25, -0.2) is 4.39 Å². The van der Waals surface area contributed by atoms with Crippen molar-refractivity contribution in [2.75, 3.05) is 19.6 Å². The highest BCUT2D eigenvalue weighted by Crippen LogP contribution is 2.16. The maximum absolute atomic E-state index is 13.2. The maximum atomic E-state index is 13.2. The van der Waals surface area contributed by atoms with E-state index in [9.17, 15) is 19.3 Å². The summed E-state index contributed by atoms with van der Waals surface area (Å²) in [5, 5.41) is 16.4. The lowest BCUT2D eigenvalue weighted by Crippen LogP contribution is -2.30. The highest BCUT2D eigenvalue weighted by Gasteiger charge is 2.18. The summed E-state index contributed by atoms with van der Waals surface area (Å²) in [7, 11) is 0. The zero-order valence-corrected chi connectivity index (χ0v) is 10.2. The normalized spacial score (nSPS) is 18.3. The zero-order chi connectivity index (χ0) is 13.8. The number of carbonyl (C=O) groups is 1. The van der Waals surface area contributed by atoms with Crippen molar-refractivity contribution in [3.05, 3.63) is 39.7 Å². The van der Waals surface area contributed by atoms with Crippen LogP contribution in [0.25, 0.3) is 0 Å². The van der Waals surface area contributed by atoms with Crippen LogP contribution in [0.4, 0.5) is 10.1 Å². The molecule has 102 valence electrons. The lowest BCUT2D eigenvalue weighted by molar-refractivity contribution is -0.385. The number of benzene rings is 1. The van der Waals surface area contributed by atoms with Crippen LogP contribution in [0, 0.1) is 21.8 Å². The molecule has 1 saturated heterocycles. The van der Waals surface area contributed by atoms with Crippen LogP contribution in [-0.2, 0) is 0 Å². The number of carbonyl (C=O) groups excluding carboxylic acids is 1. The molecule has 1 aliphatic heterocycles. The Morgan fingerprint density at radius 1 is 1.53 bits per heavy atom. The standard InChI is InChI=1S/C12H14FN3O3/c13-10-3-9(4-11(5-10)16(18)19)12(17)15-7-8-1-2-14-6-8/h3-5,8,14H,1-2,6-7H2,(H,15,17). The van der Waals surface area contributed by atoms with Crippen molar-refractivity contribution in [2.24, 2.45) is 5.92 Å². The Kier molecular flexibility index (Phi) is 4.06. The molecule has 19 heavy (non-hydrogen) atoms. The molecular weight excluding hydrogens is 253 g/mol. The van der Waals surface area contributed by atoms with Crippen LogP contribution in [-0.4, -0.2) is 30.5 Å². The molecule has 0 saturated carbocycles. The highest BCUT2D eigenvalue weighted by atomic mass is 19.1. The summed E-state index contributed by atoms with van der Waals surface area (Å²) >= 11 is 0. The van der Waals surface area contributed by atoms with Gasteiger partial charge in [-0.1, -0.05) is 0 Å². The van der Waals surface area contributed by atoms with Gasteiger partial charge in [0.2, 0.25) is 0 Å². The number of nitro benzene ring substituents is 1. The Labute approximate surface area is 109 Å². The zero-order valence-electron chi connectivity index (χ0n) is 10.2. The second-order valence-corrected chi connectivity index (χ2v) is 4.52. The van der Waals surface area contributed by atoms with Crippen molar-refractivity contribution in [3.8, 4) is 0 Å². The molecule has 1 unspecified atom stereocenters. The van der Waals surface area contributed by atoms with Crippen molar-refractivity contribution in [3.63, 3.8) is 0 Å². The minimum absolute atomic E-state index is 0.0299. The van der Waals surface area contributed by atoms with Crippen LogP contribution in [0.15, 0.2) is 18.2 Å². The minimum atomic E-state index is -0.790. The quantitative estimate of drug-likeness (QED) is 0.631. The molecule has 2 rings (SSSR count). The Bertz CT molecular complexity index is 501. The first-order valence-electron chi connectivity index (χ1n) is 6.00. The topological polar surface area (TPSA) is 84.3 Å². The van der Waals surface area contributed by atoms with E-state index in [1.807, 2.05) is 0 Å². The predicted octanol–water partition coefficient (Wildman–Crippen LogP) is 1.07. The lowest BCUT2D eigenvalue weighted by Gasteiger charge is -2.10. The first kappa shape index (κ1) is 13.4. The fourth-order valence-electron chi connectivity index (χ4n) is 2.04. The molecule has 7 heteroatoms. The van der Waals surface area contributed by atoms with E-state index in [-0.39, 0.29) is 5.56 Å². The number of hydrogen-bond donors (Lipinski definition) is 2. The van der Waals surface area contributed by atoms with Gasteiger partial charge in [-0.05, 0) is 31.5 Å². The summed E-state index contributed by atoms with van der Waals surface area (Å²) in [6.07, 6.45) is 0.976. The van der Waals surface area contributed by atoms with E-state index in [0.717, 1.165) is 37.7 Å². The van der Waals surface area contributed by atoms with Gasteiger partial charge in [0.15, 0.2) is 0 Å². The van der Waals surface area contributed by atoms with Crippen LogP contribution in [0.2, 0.25) is 0 Å². The first-order chi connectivity index (χ1) is 9.06. The lowest BCUT2D eigenvalue weighted by atomic mass is 10.1. The van der Waals surface area contributed by atoms with Gasteiger partial charge >= 0.3 is 0 Å². The molecule has 1 amide bonds. The number of rotatable bonds is 4. The molecule has 1 heterocycles. The second-order valence-electron chi connectivity index (χ2n) is 4.52. The number of halogens is 1. The van der Waals surface area contributed by atoms with Gasteiger partial charge in [0.25, 0.3) is 11.6 Å². The summed E-state index contributed by atoms with van der Waals surface area (Å²) in [5.74, 6) is -0.927. The van der Waals surface area contributed by atoms with Gasteiger partial charge in [-0.15, -0.1) is 0 Å². The van der Waals surface area contributed by atoms with Gasteiger partial charge < -0.3 is 10.6 Å². The number of non-ortho nitro benzene ring substituents is 1. The minimum Gasteiger partial charge on any atom is -0.352 e. The molecule has 1 aromatic carbocycles. The van der Waals surface area contributed by atoms with Crippen LogP contribution in [0.5, 0.6) is 0 Å². The van der Waals surface area contributed by atoms with Gasteiger partial charge in [-0.2, -0.15) is 0 Å². The smallest absolute Gasteiger partial charge is 0.273 e. The molecule has 1 atom stereocenters. The van der Waals surface area contributed by atoms with Gasteiger partial charge in [-0.3, -0.25) is 14.9 Å². The highest BCUT2D eigenvalue weighted by molar-refractivity contribution is 5.94. The third-order valence-corrected chi connectivity index (χ3v) is 3.07. The Balaban J connectivity index is 2.03. The predicted molar refractivity (Wildman–Crippen MR) is 66.4 cm³/mol. The summed E-state index contributed by atoms with van der Waals surface area (Å²) in [4.78, 5) is 21.7. The molecular formula is C12H14FN3O3. The monoisotopic (exact) mass is 267 g/mol. The van der Waals surface area contributed by atoms with Gasteiger partial charge in [0, 0.05) is 18.2 Å². The number of nitro groups is 1. The fourth-order valence-corrected chi connectivity index (χ4v) is 2.04. The fraction of sp³-hybridized carbons (Fsp3) is 0.417. The summed E-state index contributed by atoms with van der Waals surface area (Å²) < 4.78 is 13.2. The molecule has 1 fully saturated rings. The van der Waals surface area contributed by atoms with Crippen molar-refractivity contribution >= 4 is 11.6 Å². The maximum Gasteiger partial charge on any atom is 0.273 e. The van der Waals surface area contributed by atoms with Gasteiger partial charge in [0.1, 0.15) is 5.82 Å². The third-order valence-electron chi connectivity index (χ3n) is 3.07. The Morgan fingerprint density at radius 2 is 2.32 bits per heavy atom. The van der Waals surface area contributed by atoms with Crippen LogP contribution in [0.3, 0.4) is 0 Å². The second kappa shape index (κ2) is 5.75. The average Bonchev–Trinajstić information content (AvgIpc) is 2.88. The number of nitrogens with zero attached hydrogens (tertiary/aromatic N) is 1. The van der Waals surface area contributed by atoms with Crippen molar-refractivity contribution in [2.45, 2.75) is 6.42 Å². The molecule has 0 aliphatic carbocycles. The summed E-state index contributed by atoms with van der Waals surface area (Å²) in [6.45, 7) is 2.24. The van der Waals surface area contributed by atoms with E-state index in [1.165, 1.54) is 0 Å². The molecule has 0 radical (unpaired) electrons. The summed E-state index contributed by atoms with van der Waals surface area (Å²) in [5.41, 5.74) is -0.453. The largest absolute Gasteiger partial charge is 0.352 e. The number of amides is 1. The molecule has 2 N–H and O–H groups in total. The SMILES string of the molecule is O=C(NCC1CCNC1)c1cc(F)cc([N+](=O)[O-])c1. The van der Waals surface area contributed by atoms with E-state index in [4.69, 9.17) is 0 Å². The third kappa shape index (κ3) is 3.47. The molecule has 1 aliphatic rings. The first-order valence-corrected chi connectivity index (χ1v) is 6.00. The molecule has 6 nitrogen and oxygen atoms in total. The van der Waals surface area contributed by atoms with Gasteiger partial charge in [0.05, 0.1) is 11.0 Å². The van der Waals surface area contributed by atoms with Crippen LogP contribution >= 0.6 is 0 Å². The Morgan fingerprint density at radius 3 is 2.95 bits per heavy atom. The van der Waals surface area contributed by atoms with Crippen molar-refractivity contribution in [1.82, 2.24) is 10.6 Å². The Hall–Kier alpha value is -2.02. The van der Waals surface area contributed by atoms with E-state index < -0.39 is 22.3 Å². The molecule has 0 aromatic heterocycles. The van der Waals surface area contributed by atoms with Crippen LogP contribution < -0.4 is 10.6 Å². The summed E-state index contributed by atoms with van der Waals surface area (Å²) in [6, 6.07) is 2.86. The van der Waals surface area contributed by atoms with Crippen molar-refractivity contribution in [1.29, 1.82) is 0 Å². The molecule has 0 bridgehead atoms. The van der Waals surface area contributed by atoms with E-state index >= 15 is 0 Å².